The fraction of sp³-hybridized carbons (Fsp3) is 0.538. The lowest BCUT2D eigenvalue weighted by atomic mass is 10.0. The molecule has 0 bridgehead atoms. The third-order valence-corrected chi connectivity index (χ3v) is 2.79. The molecule has 0 spiro atoms. The van der Waals surface area contributed by atoms with Crippen LogP contribution in [0.1, 0.15) is 32.4 Å². The Morgan fingerprint density at radius 2 is 1.62 bits per heavy atom. The van der Waals surface area contributed by atoms with E-state index in [1.807, 2.05) is 14.0 Å². The first-order valence-electron chi connectivity index (χ1n) is 5.64. The maximum atomic E-state index is 9.76. The van der Waals surface area contributed by atoms with Crippen LogP contribution in [-0.2, 0) is 0 Å². The lowest BCUT2D eigenvalue weighted by molar-refractivity contribution is 0.225. The highest BCUT2D eigenvalue weighted by molar-refractivity contribution is 5.44. The standard InChI is InChI=1S/C13H21NO2/c1-9(2)8-14(4)10(3)13-11(15)6-5-7-12(13)16/h5-7,9-10,15-16H,8H2,1-4H3. The summed E-state index contributed by atoms with van der Waals surface area (Å²) in [6, 6.07) is 4.86. The molecular formula is C13H21NO2. The molecule has 1 rings (SSSR count). The van der Waals surface area contributed by atoms with E-state index in [0.717, 1.165) is 6.54 Å². The second-order valence-corrected chi connectivity index (χ2v) is 4.72. The number of aromatic hydroxyl groups is 2. The van der Waals surface area contributed by atoms with Crippen LogP contribution in [0.25, 0.3) is 0 Å². The summed E-state index contributed by atoms with van der Waals surface area (Å²) in [4.78, 5) is 2.12. The Labute approximate surface area is 97.3 Å². The summed E-state index contributed by atoms with van der Waals surface area (Å²) in [5, 5.41) is 19.5. The number of hydrogen-bond donors (Lipinski definition) is 2. The number of phenols is 2. The smallest absolute Gasteiger partial charge is 0.124 e. The van der Waals surface area contributed by atoms with Crippen LogP contribution in [0.3, 0.4) is 0 Å². The van der Waals surface area contributed by atoms with Crippen molar-refractivity contribution in [3.8, 4) is 11.5 Å². The van der Waals surface area contributed by atoms with Gasteiger partial charge in [-0.2, -0.15) is 0 Å². The Bertz CT molecular complexity index is 330. The first kappa shape index (κ1) is 12.8. The maximum absolute atomic E-state index is 9.76. The summed E-state index contributed by atoms with van der Waals surface area (Å²) in [6.07, 6.45) is 0. The lowest BCUT2D eigenvalue weighted by Crippen LogP contribution is -2.26. The van der Waals surface area contributed by atoms with Gasteiger partial charge in [0.1, 0.15) is 11.5 Å². The zero-order valence-corrected chi connectivity index (χ0v) is 10.4. The van der Waals surface area contributed by atoms with Gasteiger partial charge in [0.25, 0.3) is 0 Å². The van der Waals surface area contributed by atoms with E-state index in [1.54, 1.807) is 18.2 Å². The molecule has 1 unspecified atom stereocenters. The van der Waals surface area contributed by atoms with Gasteiger partial charge in [0.05, 0.1) is 5.56 Å². The molecule has 3 nitrogen and oxygen atoms in total. The van der Waals surface area contributed by atoms with E-state index < -0.39 is 0 Å². The van der Waals surface area contributed by atoms with Crippen molar-refractivity contribution in [2.24, 2.45) is 5.92 Å². The molecule has 0 aromatic heterocycles. The molecule has 0 saturated heterocycles. The molecule has 0 heterocycles. The molecule has 2 N–H and O–H groups in total. The van der Waals surface area contributed by atoms with Gasteiger partial charge >= 0.3 is 0 Å². The summed E-state index contributed by atoms with van der Waals surface area (Å²) in [7, 11) is 2.00. The summed E-state index contributed by atoms with van der Waals surface area (Å²) in [5.74, 6) is 0.867. The molecule has 0 saturated carbocycles. The minimum absolute atomic E-state index is 0.00333. The van der Waals surface area contributed by atoms with E-state index in [9.17, 15) is 10.2 Å². The molecule has 0 radical (unpaired) electrons. The second-order valence-electron chi connectivity index (χ2n) is 4.72. The fourth-order valence-electron chi connectivity index (χ4n) is 1.92. The van der Waals surface area contributed by atoms with Crippen LogP contribution in [0.15, 0.2) is 18.2 Å². The molecule has 0 amide bonds. The van der Waals surface area contributed by atoms with Gasteiger partial charge in [-0.1, -0.05) is 19.9 Å². The number of hydrogen-bond acceptors (Lipinski definition) is 3. The third-order valence-electron chi connectivity index (χ3n) is 2.79. The van der Waals surface area contributed by atoms with Gasteiger partial charge in [-0.05, 0) is 32.0 Å². The SMILES string of the molecule is CC(C)CN(C)C(C)c1c(O)cccc1O. The average Bonchev–Trinajstić information content (AvgIpc) is 2.16. The predicted molar refractivity (Wildman–Crippen MR) is 65.7 cm³/mol. The number of benzene rings is 1. The topological polar surface area (TPSA) is 43.7 Å². The van der Waals surface area contributed by atoms with Gasteiger partial charge in [-0.25, -0.2) is 0 Å². The van der Waals surface area contributed by atoms with Gasteiger partial charge in [0.15, 0.2) is 0 Å². The zero-order valence-electron chi connectivity index (χ0n) is 10.4. The van der Waals surface area contributed by atoms with Crippen molar-refractivity contribution in [3.05, 3.63) is 23.8 Å². The molecule has 3 heteroatoms. The average molecular weight is 223 g/mol. The van der Waals surface area contributed by atoms with Crippen LogP contribution in [0.4, 0.5) is 0 Å². The van der Waals surface area contributed by atoms with Crippen molar-refractivity contribution in [3.63, 3.8) is 0 Å². The summed E-state index contributed by atoms with van der Waals surface area (Å²) in [5.41, 5.74) is 0.602. The third kappa shape index (κ3) is 2.89. The fourth-order valence-corrected chi connectivity index (χ4v) is 1.92. The highest BCUT2D eigenvalue weighted by Gasteiger charge is 2.19. The van der Waals surface area contributed by atoms with E-state index in [0.29, 0.717) is 11.5 Å². The van der Waals surface area contributed by atoms with Crippen LogP contribution >= 0.6 is 0 Å². The van der Waals surface area contributed by atoms with Crippen molar-refractivity contribution in [2.45, 2.75) is 26.8 Å². The Kier molecular flexibility index (Phi) is 4.19. The van der Waals surface area contributed by atoms with E-state index >= 15 is 0 Å². The van der Waals surface area contributed by atoms with Crippen LogP contribution < -0.4 is 0 Å². The maximum Gasteiger partial charge on any atom is 0.124 e. The highest BCUT2D eigenvalue weighted by Crippen LogP contribution is 2.34. The second kappa shape index (κ2) is 5.21. The van der Waals surface area contributed by atoms with Gasteiger partial charge in [-0.3, -0.25) is 4.90 Å². The lowest BCUT2D eigenvalue weighted by Gasteiger charge is -2.27. The van der Waals surface area contributed by atoms with Crippen molar-refractivity contribution < 1.29 is 10.2 Å². The Morgan fingerprint density at radius 1 is 1.12 bits per heavy atom. The van der Waals surface area contributed by atoms with Crippen LogP contribution in [0.5, 0.6) is 11.5 Å². The van der Waals surface area contributed by atoms with Crippen molar-refractivity contribution in [2.75, 3.05) is 13.6 Å². The predicted octanol–water partition coefficient (Wildman–Crippen LogP) is 2.75. The zero-order chi connectivity index (χ0) is 12.3. The summed E-state index contributed by atoms with van der Waals surface area (Å²) >= 11 is 0. The van der Waals surface area contributed by atoms with Gasteiger partial charge < -0.3 is 10.2 Å². The molecule has 0 aliphatic carbocycles. The normalized spacial score (nSPS) is 13.4. The Hall–Kier alpha value is -1.22. The Balaban J connectivity index is 2.91. The van der Waals surface area contributed by atoms with Gasteiger partial charge in [-0.15, -0.1) is 0 Å². The van der Waals surface area contributed by atoms with E-state index in [-0.39, 0.29) is 17.5 Å². The highest BCUT2D eigenvalue weighted by atomic mass is 16.3. The van der Waals surface area contributed by atoms with Gasteiger partial charge in [0, 0.05) is 12.6 Å². The van der Waals surface area contributed by atoms with Crippen molar-refractivity contribution in [1.29, 1.82) is 0 Å². The van der Waals surface area contributed by atoms with Crippen molar-refractivity contribution >= 4 is 0 Å². The minimum Gasteiger partial charge on any atom is -0.507 e. The molecule has 0 aliphatic rings. The largest absolute Gasteiger partial charge is 0.507 e. The molecule has 0 aliphatic heterocycles. The summed E-state index contributed by atoms with van der Waals surface area (Å²) in [6.45, 7) is 7.20. The van der Waals surface area contributed by atoms with Crippen molar-refractivity contribution in [1.82, 2.24) is 4.90 Å². The monoisotopic (exact) mass is 223 g/mol. The molecule has 1 atom stereocenters. The first-order chi connectivity index (χ1) is 7.43. The van der Waals surface area contributed by atoms with E-state index in [1.165, 1.54) is 0 Å². The van der Waals surface area contributed by atoms with E-state index in [2.05, 4.69) is 18.7 Å². The Morgan fingerprint density at radius 3 is 2.06 bits per heavy atom. The minimum atomic E-state index is 0.00333. The first-order valence-corrected chi connectivity index (χ1v) is 5.64. The summed E-state index contributed by atoms with van der Waals surface area (Å²) < 4.78 is 0. The van der Waals surface area contributed by atoms with Crippen LogP contribution in [0.2, 0.25) is 0 Å². The number of rotatable bonds is 4. The number of nitrogens with zero attached hydrogens (tertiary/aromatic N) is 1. The quantitative estimate of drug-likeness (QED) is 0.825. The van der Waals surface area contributed by atoms with Gasteiger partial charge in [0.2, 0.25) is 0 Å². The van der Waals surface area contributed by atoms with Crippen LogP contribution in [-0.4, -0.2) is 28.7 Å². The molecule has 1 aromatic rings. The molecule has 16 heavy (non-hydrogen) atoms. The van der Waals surface area contributed by atoms with Crippen LogP contribution in [0, 0.1) is 5.92 Å². The van der Waals surface area contributed by atoms with E-state index in [4.69, 9.17) is 0 Å². The molecular weight excluding hydrogens is 202 g/mol. The molecule has 0 fully saturated rings. The molecule has 1 aromatic carbocycles. The molecule has 90 valence electrons. The number of phenolic OH excluding ortho intramolecular Hbond substituents is 2.